The van der Waals surface area contributed by atoms with Crippen LogP contribution in [0.15, 0.2) is 48.5 Å². The molecule has 4 aromatic rings. The number of carbonyl (C=O) groups is 2. The highest BCUT2D eigenvalue weighted by atomic mass is 16.2. The van der Waals surface area contributed by atoms with Crippen LogP contribution in [0, 0.1) is 13.8 Å². The predicted molar refractivity (Wildman–Crippen MR) is 120 cm³/mol. The molecule has 0 saturated carbocycles. The molecule has 0 aliphatic rings. The van der Waals surface area contributed by atoms with Gasteiger partial charge in [-0.2, -0.15) is 5.10 Å². The summed E-state index contributed by atoms with van der Waals surface area (Å²) in [6.45, 7) is 4.40. The van der Waals surface area contributed by atoms with Crippen LogP contribution in [0.3, 0.4) is 0 Å². The number of nitrogens with one attached hydrogen (secondary N) is 2. The number of aryl methyl sites for hydroxylation is 2. The number of nitrogens with two attached hydrogens (primary N) is 1. The predicted octanol–water partition coefficient (Wildman–Crippen LogP) is 3.24. The summed E-state index contributed by atoms with van der Waals surface area (Å²) in [6.07, 6.45) is 0.946. The molecule has 0 saturated heterocycles. The zero-order valence-electron chi connectivity index (χ0n) is 17.5. The first-order valence-corrected chi connectivity index (χ1v) is 10.1. The van der Waals surface area contributed by atoms with E-state index in [9.17, 15) is 9.59 Å². The number of fused-ring (bicyclic) bond motifs is 3. The molecule has 4 rings (SSSR count). The molecule has 0 radical (unpaired) electrons. The maximum atomic E-state index is 12.4. The fraction of sp³-hybridized carbons (Fsp3) is 0.217. The van der Waals surface area contributed by atoms with Crippen molar-refractivity contribution in [3.8, 4) is 0 Å². The number of carbonyl (C=O) groups excluding carboxylic acids is 2. The zero-order chi connectivity index (χ0) is 22.0. The number of urea groups is 1. The highest BCUT2D eigenvalue weighted by molar-refractivity contribution is 5.92. The Balaban J connectivity index is 1.41. The van der Waals surface area contributed by atoms with Crippen molar-refractivity contribution in [1.82, 2.24) is 19.9 Å². The second-order valence-corrected chi connectivity index (χ2v) is 7.48. The smallest absolute Gasteiger partial charge is 0.316 e. The van der Waals surface area contributed by atoms with E-state index in [1.165, 1.54) is 0 Å². The van der Waals surface area contributed by atoms with E-state index in [-0.39, 0.29) is 5.91 Å². The summed E-state index contributed by atoms with van der Waals surface area (Å²) < 4.78 is 1.87. The first-order chi connectivity index (χ1) is 14.9. The lowest BCUT2D eigenvalue weighted by atomic mass is 10.1. The molecule has 2 heterocycles. The molecular weight excluding hydrogens is 392 g/mol. The second kappa shape index (κ2) is 8.43. The molecule has 8 heteroatoms. The van der Waals surface area contributed by atoms with Crippen molar-refractivity contribution < 1.29 is 9.59 Å². The lowest BCUT2D eigenvalue weighted by Crippen LogP contribution is -2.23. The van der Waals surface area contributed by atoms with Crippen molar-refractivity contribution in [2.24, 2.45) is 5.73 Å². The molecule has 0 aliphatic carbocycles. The van der Waals surface area contributed by atoms with Crippen LogP contribution in [0.5, 0.6) is 0 Å². The molecule has 2 aromatic carbocycles. The minimum Gasteiger partial charge on any atom is -0.352 e. The summed E-state index contributed by atoms with van der Waals surface area (Å²) in [6, 6.07) is 14.5. The van der Waals surface area contributed by atoms with Gasteiger partial charge >= 0.3 is 6.03 Å². The number of hydrogen-bond acceptors (Lipinski definition) is 4. The number of rotatable bonds is 6. The standard InChI is InChI=1S/C23H24N6O2/c1-14-18(15(2)29-22(26-14)19-5-3-4-6-20(19)28-29)11-12-21(30)25-13-16-7-9-17(10-8-16)27-23(24)31/h3-10H,11-13H2,1-2H3,(H,25,30)(H3,24,27,31). The van der Waals surface area contributed by atoms with Crippen LogP contribution in [-0.4, -0.2) is 26.5 Å². The van der Waals surface area contributed by atoms with Gasteiger partial charge in [-0.25, -0.2) is 14.3 Å². The van der Waals surface area contributed by atoms with Gasteiger partial charge in [0, 0.05) is 35.4 Å². The Morgan fingerprint density at radius 3 is 2.55 bits per heavy atom. The number of benzene rings is 2. The summed E-state index contributed by atoms with van der Waals surface area (Å²) in [4.78, 5) is 28.0. The highest BCUT2D eigenvalue weighted by Crippen LogP contribution is 2.23. The average Bonchev–Trinajstić information content (AvgIpc) is 3.11. The molecular formula is C23H24N6O2. The van der Waals surface area contributed by atoms with Crippen LogP contribution in [0.25, 0.3) is 16.6 Å². The van der Waals surface area contributed by atoms with Crippen molar-refractivity contribution in [3.63, 3.8) is 0 Å². The molecule has 0 aliphatic heterocycles. The van der Waals surface area contributed by atoms with Crippen molar-refractivity contribution in [2.75, 3.05) is 5.32 Å². The topological polar surface area (TPSA) is 114 Å². The third kappa shape index (κ3) is 4.32. The van der Waals surface area contributed by atoms with E-state index in [1.807, 2.05) is 54.8 Å². The Morgan fingerprint density at radius 2 is 1.81 bits per heavy atom. The van der Waals surface area contributed by atoms with Gasteiger partial charge in [0.25, 0.3) is 0 Å². The van der Waals surface area contributed by atoms with E-state index in [0.717, 1.165) is 39.1 Å². The molecule has 2 aromatic heterocycles. The van der Waals surface area contributed by atoms with Gasteiger partial charge in [0.05, 0.1) is 5.52 Å². The second-order valence-electron chi connectivity index (χ2n) is 7.48. The normalized spacial score (nSPS) is 11.0. The third-order valence-electron chi connectivity index (χ3n) is 5.33. The fourth-order valence-corrected chi connectivity index (χ4v) is 3.71. The quantitative estimate of drug-likeness (QED) is 0.448. The summed E-state index contributed by atoms with van der Waals surface area (Å²) >= 11 is 0. The highest BCUT2D eigenvalue weighted by Gasteiger charge is 2.15. The minimum absolute atomic E-state index is 0.0381. The SMILES string of the molecule is Cc1nc2c3ccccc3nn2c(C)c1CCC(=O)NCc1ccc(NC(N)=O)cc1. The molecule has 158 valence electrons. The van der Waals surface area contributed by atoms with Crippen LogP contribution >= 0.6 is 0 Å². The lowest BCUT2D eigenvalue weighted by molar-refractivity contribution is -0.121. The van der Waals surface area contributed by atoms with Gasteiger partial charge in [0.1, 0.15) is 0 Å². The van der Waals surface area contributed by atoms with E-state index < -0.39 is 6.03 Å². The Bertz CT molecular complexity index is 1280. The number of nitrogens with zero attached hydrogens (tertiary/aromatic N) is 3. The van der Waals surface area contributed by atoms with Gasteiger partial charge < -0.3 is 16.4 Å². The van der Waals surface area contributed by atoms with Crippen LogP contribution in [0.1, 0.15) is 28.9 Å². The number of primary amides is 1. The number of anilines is 1. The molecule has 0 fully saturated rings. The van der Waals surface area contributed by atoms with Crippen molar-refractivity contribution in [3.05, 3.63) is 71.0 Å². The van der Waals surface area contributed by atoms with E-state index in [4.69, 9.17) is 10.7 Å². The zero-order valence-corrected chi connectivity index (χ0v) is 17.5. The minimum atomic E-state index is -0.609. The van der Waals surface area contributed by atoms with Crippen molar-refractivity contribution in [1.29, 1.82) is 0 Å². The van der Waals surface area contributed by atoms with Gasteiger partial charge in [-0.05, 0) is 55.7 Å². The lowest BCUT2D eigenvalue weighted by Gasteiger charge is -2.11. The van der Waals surface area contributed by atoms with Gasteiger partial charge in [-0.1, -0.05) is 24.3 Å². The monoisotopic (exact) mass is 416 g/mol. The Hall–Kier alpha value is -3.94. The molecule has 0 atom stereocenters. The first-order valence-electron chi connectivity index (χ1n) is 10.1. The van der Waals surface area contributed by atoms with Crippen LogP contribution in [-0.2, 0) is 17.8 Å². The molecule has 0 unspecified atom stereocenters. The van der Waals surface area contributed by atoms with E-state index in [2.05, 4.69) is 15.7 Å². The van der Waals surface area contributed by atoms with Gasteiger partial charge in [0.2, 0.25) is 5.91 Å². The fourth-order valence-electron chi connectivity index (χ4n) is 3.71. The number of aromatic nitrogens is 3. The van der Waals surface area contributed by atoms with E-state index in [0.29, 0.717) is 25.1 Å². The number of amides is 3. The molecule has 0 spiro atoms. The maximum Gasteiger partial charge on any atom is 0.316 e. The molecule has 0 bridgehead atoms. The van der Waals surface area contributed by atoms with Crippen LogP contribution < -0.4 is 16.4 Å². The molecule has 8 nitrogen and oxygen atoms in total. The summed E-state index contributed by atoms with van der Waals surface area (Å²) in [7, 11) is 0. The molecule has 31 heavy (non-hydrogen) atoms. The Labute approximate surface area is 179 Å². The molecule has 4 N–H and O–H groups in total. The molecule has 3 amide bonds. The van der Waals surface area contributed by atoms with Gasteiger partial charge in [0.15, 0.2) is 5.65 Å². The van der Waals surface area contributed by atoms with Crippen LogP contribution in [0.4, 0.5) is 10.5 Å². The van der Waals surface area contributed by atoms with Gasteiger partial charge in [-0.3, -0.25) is 4.79 Å². The summed E-state index contributed by atoms with van der Waals surface area (Å²) in [5.41, 5.74) is 11.4. The first kappa shape index (κ1) is 20.3. The van der Waals surface area contributed by atoms with Crippen LogP contribution in [0.2, 0.25) is 0 Å². The van der Waals surface area contributed by atoms with E-state index >= 15 is 0 Å². The van der Waals surface area contributed by atoms with Crippen molar-refractivity contribution in [2.45, 2.75) is 33.2 Å². The van der Waals surface area contributed by atoms with E-state index in [1.54, 1.807) is 12.1 Å². The largest absolute Gasteiger partial charge is 0.352 e. The van der Waals surface area contributed by atoms with Gasteiger partial charge in [-0.15, -0.1) is 0 Å². The number of hydrogen-bond donors (Lipinski definition) is 3. The average molecular weight is 416 g/mol. The van der Waals surface area contributed by atoms with Crippen molar-refractivity contribution >= 4 is 34.2 Å². The maximum absolute atomic E-state index is 12.4. The summed E-state index contributed by atoms with van der Waals surface area (Å²) in [5.74, 6) is -0.0381. The summed E-state index contributed by atoms with van der Waals surface area (Å²) in [5, 5.41) is 11.1. The third-order valence-corrected chi connectivity index (χ3v) is 5.33. The Kier molecular flexibility index (Phi) is 5.53. The Morgan fingerprint density at radius 1 is 1.06 bits per heavy atom.